The van der Waals surface area contributed by atoms with Crippen LogP contribution in [0.4, 0.5) is 52.7 Å². The van der Waals surface area contributed by atoms with Crippen LogP contribution in [-0.4, -0.2) is 12.6 Å². The van der Waals surface area contributed by atoms with E-state index in [0.717, 1.165) is 54.6 Å². The Bertz CT molecular complexity index is 2600. The third-order valence-electron chi connectivity index (χ3n) is 9.73. The first-order chi connectivity index (χ1) is 31.6. The maximum absolute atomic E-state index is 13.1. The molecule has 0 aliphatic carbocycles. The van der Waals surface area contributed by atoms with Crippen LogP contribution in [0, 0.1) is 0 Å². The summed E-state index contributed by atoms with van der Waals surface area (Å²) in [4.78, 5) is 12.8. The average Bonchev–Trinajstić information content (AvgIpc) is 3.28. The van der Waals surface area contributed by atoms with E-state index in [0.29, 0.717) is 33.4 Å². The first-order valence-electron chi connectivity index (χ1n) is 19.9. The molecule has 0 aliphatic rings. The summed E-state index contributed by atoms with van der Waals surface area (Å²) >= 11 is 0. The second-order valence-electron chi connectivity index (χ2n) is 14.7. The van der Waals surface area contributed by atoms with Gasteiger partial charge < -0.3 is 23.7 Å². The standard InChI is InChI=1S/C49H36F12O6/c50-46(51,52)37-12-1-33(2-13-37)27-64-41-20-9-31(25-43(41)66-29-35-5-16-39(17-6-35)48(56,57)58)11-22-45(62)63-24-23-32-10-21-42(65-28-34-3-14-38(15-4-34)47(53,54)55)44(26-32)67-30-36-7-18-40(19-8-36)49(59,60)61/h1-22,25-26H,23-24,27-30H2/b22-11+. The molecule has 6 nitrogen and oxygen atoms in total. The summed E-state index contributed by atoms with van der Waals surface area (Å²) in [6.45, 7) is -0.819. The van der Waals surface area contributed by atoms with Crippen molar-refractivity contribution < 1.29 is 81.2 Å². The number of carbonyl (C=O) groups excluding carboxylic acids is 1. The zero-order chi connectivity index (χ0) is 48.4. The molecule has 0 N–H and O–H groups in total. The Labute approximate surface area is 374 Å². The predicted octanol–water partition coefficient (Wildman–Crippen LogP) is 13.9. The minimum Gasteiger partial charge on any atom is -0.485 e. The smallest absolute Gasteiger partial charge is 0.416 e. The molecular formula is C49H36F12O6. The van der Waals surface area contributed by atoms with Crippen molar-refractivity contribution in [2.75, 3.05) is 6.61 Å². The number of esters is 1. The molecule has 67 heavy (non-hydrogen) atoms. The molecule has 0 aromatic heterocycles. The number of alkyl halides is 12. The summed E-state index contributed by atoms with van der Waals surface area (Å²) in [7, 11) is 0. The lowest BCUT2D eigenvalue weighted by Gasteiger charge is -2.15. The number of rotatable bonds is 17. The largest absolute Gasteiger partial charge is 0.485 e. The van der Waals surface area contributed by atoms with Crippen molar-refractivity contribution in [3.8, 4) is 23.0 Å². The molecule has 0 atom stereocenters. The summed E-state index contributed by atoms with van der Waals surface area (Å²) in [5.41, 5.74) is -0.818. The van der Waals surface area contributed by atoms with Gasteiger partial charge >= 0.3 is 30.7 Å². The highest BCUT2D eigenvalue weighted by atomic mass is 19.4. The van der Waals surface area contributed by atoms with Crippen LogP contribution in [-0.2, 0) is 67.1 Å². The molecular weight excluding hydrogens is 913 g/mol. The summed E-state index contributed by atoms with van der Waals surface area (Å²) in [6, 6.07) is 26.4. The van der Waals surface area contributed by atoms with E-state index < -0.39 is 52.9 Å². The van der Waals surface area contributed by atoms with Gasteiger partial charge in [0.2, 0.25) is 0 Å². The fourth-order valence-corrected chi connectivity index (χ4v) is 6.09. The van der Waals surface area contributed by atoms with Gasteiger partial charge in [-0.05, 0) is 112 Å². The van der Waals surface area contributed by atoms with E-state index in [9.17, 15) is 57.5 Å². The van der Waals surface area contributed by atoms with E-state index in [1.807, 2.05) is 0 Å². The van der Waals surface area contributed by atoms with Gasteiger partial charge in [-0.3, -0.25) is 0 Å². The number of ether oxygens (including phenoxy) is 5. The Hall–Kier alpha value is -7.11. The van der Waals surface area contributed by atoms with Crippen LogP contribution < -0.4 is 18.9 Å². The zero-order valence-electron chi connectivity index (χ0n) is 34.6. The van der Waals surface area contributed by atoms with Crippen LogP contribution in [0.25, 0.3) is 6.08 Å². The van der Waals surface area contributed by atoms with Gasteiger partial charge in [-0.1, -0.05) is 60.7 Å². The first-order valence-corrected chi connectivity index (χ1v) is 19.9. The number of hydrogen-bond donors (Lipinski definition) is 0. The second kappa shape index (κ2) is 21.0. The lowest BCUT2D eigenvalue weighted by atomic mass is 10.1. The maximum atomic E-state index is 13.1. The number of hydrogen-bond acceptors (Lipinski definition) is 6. The third-order valence-corrected chi connectivity index (χ3v) is 9.73. The van der Waals surface area contributed by atoms with Crippen molar-refractivity contribution in [1.29, 1.82) is 0 Å². The Morgan fingerprint density at radius 3 is 1.06 bits per heavy atom. The van der Waals surface area contributed by atoms with Gasteiger partial charge in [0.05, 0.1) is 28.9 Å². The molecule has 0 unspecified atom stereocenters. The Morgan fingerprint density at radius 1 is 0.388 bits per heavy atom. The summed E-state index contributed by atoms with van der Waals surface area (Å²) in [5, 5.41) is 0. The highest BCUT2D eigenvalue weighted by molar-refractivity contribution is 5.87. The highest BCUT2D eigenvalue weighted by Gasteiger charge is 2.32. The molecule has 6 rings (SSSR count). The van der Waals surface area contributed by atoms with E-state index in [4.69, 9.17) is 23.7 Å². The third kappa shape index (κ3) is 14.7. The minimum absolute atomic E-state index is 0.102. The van der Waals surface area contributed by atoms with E-state index in [1.54, 1.807) is 18.2 Å². The molecule has 0 heterocycles. The molecule has 0 amide bonds. The number of benzene rings is 6. The molecule has 0 fully saturated rings. The van der Waals surface area contributed by atoms with Gasteiger partial charge in [-0.2, -0.15) is 52.7 Å². The number of carbonyl (C=O) groups is 1. The number of halogens is 12. The molecule has 0 radical (unpaired) electrons. The minimum atomic E-state index is -4.55. The Balaban J connectivity index is 1.11. The van der Waals surface area contributed by atoms with Crippen molar-refractivity contribution >= 4 is 12.0 Å². The maximum Gasteiger partial charge on any atom is 0.416 e. The van der Waals surface area contributed by atoms with Crippen LogP contribution >= 0.6 is 0 Å². The van der Waals surface area contributed by atoms with Gasteiger partial charge in [0.25, 0.3) is 0 Å². The van der Waals surface area contributed by atoms with Gasteiger partial charge in [0.1, 0.15) is 26.4 Å². The van der Waals surface area contributed by atoms with Crippen molar-refractivity contribution in [3.63, 3.8) is 0 Å². The van der Waals surface area contributed by atoms with E-state index in [2.05, 4.69) is 0 Å². The quantitative estimate of drug-likeness (QED) is 0.0516. The van der Waals surface area contributed by atoms with Gasteiger partial charge in [-0.15, -0.1) is 0 Å². The molecule has 0 saturated heterocycles. The van der Waals surface area contributed by atoms with Crippen molar-refractivity contribution in [2.45, 2.75) is 57.6 Å². The molecule has 0 saturated carbocycles. The molecule has 6 aromatic carbocycles. The Kier molecular flexibility index (Phi) is 15.5. The highest BCUT2D eigenvalue weighted by Crippen LogP contribution is 2.36. The topological polar surface area (TPSA) is 63.2 Å². The summed E-state index contributed by atoms with van der Waals surface area (Å²) < 4.78 is 186. The molecule has 0 aliphatic heterocycles. The van der Waals surface area contributed by atoms with Crippen LogP contribution in [0.2, 0.25) is 0 Å². The second-order valence-corrected chi connectivity index (χ2v) is 14.7. The monoisotopic (exact) mass is 948 g/mol. The van der Waals surface area contributed by atoms with Crippen LogP contribution in [0.3, 0.4) is 0 Å². The molecule has 352 valence electrons. The fraction of sp³-hybridized carbons (Fsp3) is 0.204. The van der Waals surface area contributed by atoms with Crippen LogP contribution in [0.1, 0.15) is 55.6 Å². The molecule has 0 spiro atoms. The van der Waals surface area contributed by atoms with Gasteiger partial charge in [0, 0.05) is 12.5 Å². The van der Waals surface area contributed by atoms with Crippen LogP contribution in [0.15, 0.2) is 140 Å². The van der Waals surface area contributed by atoms with E-state index in [1.165, 1.54) is 72.8 Å². The SMILES string of the molecule is O=C(/C=C/c1ccc(OCc2ccc(C(F)(F)F)cc2)c(OCc2ccc(C(F)(F)F)cc2)c1)OCCc1ccc(OCc2ccc(C(F)(F)F)cc2)c(OCc2ccc(C(F)(F)F)cc2)c1. The molecule has 6 aromatic rings. The molecule has 18 heteroatoms. The summed E-state index contributed by atoms with van der Waals surface area (Å²) in [5.74, 6) is -0.186. The van der Waals surface area contributed by atoms with Crippen molar-refractivity contribution in [3.05, 3.63) is 195 Å². The van der Waals surface area contributed by atoms with Crippen LogP contribution in [0.5, 0.6) is 23.0 Å². The van der Waals surface area contributed by atoms with Gasteiger partial charge in [-0.25, -0.2) is 4.79 Å². The fourth-order valence-electron chi connectivity index (χ4n) is 6.09. The Morgan fingerprint density at radius 2 is 0.701 bits per heavy atom. The summed E-state index contributed by atoms with van der Waals surface area (Å²) in [6.07, 6.45) is -15.5. The average molecular weight is 949 g/mol. The lowest BCUT2D eigenvalue weighted by Crippen LogP contribution is -2.07. The lowest BCUT2D eigenvalue weighted by molar-refractivity contribution is -0.138. The normalized spacial score (nSPS) is 12.2. The zero-order valence-corrected chi connectivity index (χ0v) is 34.6. The van der Waals surface area contributed by atoms with E-state index in [-0.39, 0.29) is 62.5 Å². The first kappa shape index (κ1) is 49.3. The van der Waals surface area contributed by atoms with Crippen molar-refractivity contribution in [2.24, 2.45) is 0 Å². The van der Waals surface area contributed by atoms with E-state index >= 15 is 0 Å². The van der Waals surface area contributed by atoms with Crippen molar-refractivity contribution in [1.82, 2.24) is 0 Å². The molecule has 0 bridgehead atoms. The predicted molar refractivity (Wildman–Crippen MR) is 220 cm³/mol. The van der Waals surface area contributed by atoms with Gasteiger partial charge in [0.15, 0.2) is 23.0 Å².